The fourth-order valence-electron chi connectivity index (χ4n) is 2.15. The van der Waals surface area contributed by atoms with E-state index in [1.807, 2.05) is 24.3 Å². The average molecular weight is 370 g/mol. The number of halogens is 1. The van der Waals surface area contributed by atoms with E-state index >= 15 is 0 Å². The summed E-state index contributed by atoms with van der Waals surface area (Å²) < 4.78 is 0. The first kappa shape index (κ1) is 17.4. The first-order valence-corrected chi connectivity index (χ1v) is 8.07. The van der Waals surface area contributed by atoms with Crippen molar-refractivity contribution in [3.05, 3.63) is 71.3 Å². The molecule has 0 atom stereocenters. The third-order valence-corrected chi connectivity index (χ3v) is 3.89. The Morgan fingerprint density at radius 3 is 2.58 bits per heavy atom. The van der Waals surface area contributed by atoms with E-state index in [-0.39, 0.29) is 17.4 Å². The van der Waals surface area contributed by atoms with Gasteiger partial charge in [0.25, 0.3) is 5.91 Å². The highest BCUT2D eigenvalue weighted by molar-refractivity contribution is 6.31. The molecule has 0 fully saturated rings. The van der Waals surface area contributed by atoms with Crippen molar-refractivity contribution in [3.63, 3.8) is 0 Å². The van der Waals surface area contributed by atoms with Crippen molar-refractivity contribution in [2.45, 2.75) is 6.54 Å². The van der Waals surface area contributed by atoms with Gasteiger partial charge in [0.15, 0.2) is 11.6 Å². The molecule has 0 aliphatic carbocycles. The highest BCUT2D eigenvalue weighted by Gasteiger charge is 2.10. The molecule has 0 aliphatic heterocycles. The number of hydrogen-bond donors (Lipinski definition) is 4. The molecule has 3 rings (SSSR count). The standard InChI is InChI=1S/C17H16ClN7O/c18-13-4-2-1-3-12(13)9-21-15-14(19)16(23-10-22-15)24-25-17(26)11-5-7-20-8-6-11/h1-8,10H,9,19H2,(H,25,26)(H2,21,22,23,24). The molecular formula is C17H16ClN7O. The number of hydrogen-bond acceptors (Lipinski definition) is 7. The van der Waals surface area contributed by atoms with E-state index in [9.17, 15) is 4.79 Å². The molecule has 3 aromatic rings. The molecule has 0 saturated carbocycles. The lowest BCUT2D eigenvalue weighted by Crippen LogP contribution is -2.30. The number of aromatic nitrogens is 3. The summed E-state index contributed by atoms with van der Waals surface area (Å²) in [4.78, 5) is 24.1. The Hall–Kier alpha value is -3.39. The first-order valence-electron chi connectivity index (χ1n) is 7.69. The van der Waals surface area contributed by atoms with Gasteiger partial charge in [-0.25, -0.2) is 9.97 Å². The van der Waals surface area contributed by atoms with Crippen LogP contribution in [0.4, 0.5) is 17.3 Å². The van der Waals surface area contributed by atoms with Crippen molar-refractivity contribution in [3.8, 4) is 0 Å². The van der Waals surface area contributed by atoms with Gasteiger partial charge in [0, 0.05) is 29.5 Å². The maximum Gasteiger partial charge on any atom is 0.269 e. The maximum absolute atomic E-state index is 12.0. The number of pyridine rings is 1. The fraction of sp³-hybridized carbons (Fsp3) is 0.0588. The van der Waals surface area contributed by atoms with Gasteiger partial charge in [0.1, 0.15) is 12.0 Å². The first-order chi connectivity index (χ1) is 12.6. The Kier molecular flexibility index (Phi) is 5.45. The van der Waals surface area contributed by atoms with Gasteiger partial charge < -0.3 is 11.1 Å². The van der Waals surface area contributed by atoms with Crippen molar-refractivity contribution in [1.82, 2.24) is 20.4 Å². The number of anilines is 3. The summed E-state index contributed by atoms with van der Waals surface area (Å²) in [5.74, 6) is 0.376. The number of carbonyl (C=O) groups is 1. The van der Waals surface area contributed by atoms with Crippen LogP contribution in [0.25, 0.3) is 0 Å². The fourth-order valence-corrected chi connectivity index (χ4v) is 2.35. The van der Waals surface area contributed by atoms with Crippen LogP contribution in [-0.4, -0.2) is 20.9 Å². The Labute approximate surface area is 154 Å². The molecule has 9 heteroatoms. The summed E-state index contributed by atoms with van der Waals surface area (Å²) in [6.45, 7) is 0.448. The van der Waals surface area contributed by atoms with Crippen molar-refractivity contribution in [2.24, 2.45) is 0 Å². The van der Waals surface area contributed by atoms with Gasteiger partial charge in [0.2, 0.25) is 0 Å². The topological polar surface area (TPSA) is 118 Å². The molecule has 0 aliphatic rings. The Balaban J connectivity index is 1.65. The summed E-state index contributed by atoms with van der Waals surface area (Å²) in [5, 5.41) is 3.76. The van der Waals surface area contributed by atoms with Crippen LogP contribution >= 0.6 is 11.6 Å². The van der Waals surface area contributed by atoms with Crippen LogP contribution in [0.15, 0.2) is 55.1 Å². The van der Waals surface area contributed by atoms with E-state index in [1.54, 1.807) is 12.1 Å². The Morgan fingerprint density at radius 1 is 1.08 bits per heavy atom. The van der Waals surface area contributed by atoms with Crippen LogP contribution in [0.5, 0.6) is 0 Å². The second kappa shape index (κ2) is 8.13. The number of carbonyl (C=O) groups excluding carboxylic acids is 1. The SMILES string of the molecule is Nc1c(NCc2ccccc2Cl)ncnc1NNC(=O)c1ccncc1. The average Bonchev–Trinajstić information content (AvgIpc) is 2.68. The minimum Gasteiger partial charge on any atom is -0.393 e. The monoisotopic (exact) mass is 369 g/mol. The second-order valence-electron chi connectivity index (χ2n) is 5.24. The molecule has 8 nitrogen and oxygen atoms in total. The predicted molar refractivity (Wildman–Crippen MR) is 101 cm³/mol. The zero-order valence-electron chi connectivity index (χ0n) is 13.6. The van der Waals surface area contributed by atoms with Gasteiger partial charge in [-0.1, -0.05) is 29.8 Å². The van der Waals surface area contributed by atoms with Crippen LogP contribution < -0.4 is 21.9 Å². The third kappa shape index (κ3) is 4.17. The lowest BCUT2D eigenvalue weighted by molar-refractivity contribution is 0.0962. The number of hydrazine groups is 1. The van der Waals surface area contributed by atoms with Gasteiger partial charge in [-0.15, -0.1) is 0 Å². The van der Waals surface area contributed by atoms with Crippen molar-refractivity contribution in [2.75, 3.05) is 16.5 Å². The molecule has 0 bridgehead atoms. The molecular weight excluding hydrogens is 354 g/mol. The summed E-state index contributed by atoms with van der Waals surface area (Å²) >= 11 is 6.14. The van der Waals surface area contributed by atoms with Crippen molar-refractivity contribution in [1.29, 1.82) is 0 Å². The van der Waals surface area contributed by atoms with E-state index in [4.69, 9.17) is 17.3 Å². The van der Waals surface area contributed by atoms with E-state index in [1.165, 1.54) is 18.7 Å². The number of nitrogen functional groups attached to an aromatic ring is 1. The second-order valence-corrected chi connectivity index (χ2v) is 5.65. The zero-order valence-corrected chi connectivity index (χ0v) is 14.4. The van der Waals surface area contributed by atoms with Crippen LogP contribution in [-0.2, 0) is 6.54 Å². The van der Waals surface area contributed by atoms with Crippen LogP contribution in [0, 0.1) is 0 Å². The highest BCUT2D eigenvalue weighted by Crippen LogP contribution is 2.23. The quantitative estimate of drug-likeness (QED) is 0.493. The minimum absolute atomic E-state index is 0.273. The number of nitrogens with two attached hydrogens (primary N) is 1. The molecule has 0 radical (unpaired) electrons. The summed E-state index contributed by atoms with van der Waals surface area (Å²) in [5.41, 5.74) is 12.9. The van der Waals surface area contributed by atoms with E-state index in [0.717, 1.165) is 5.56 Å². The number of nitrogens with zero attached hydrogens (tertiary/aromatic N) is 3. The van der Waals surface area contributed by atoms with Crippen molar-refractivity contribution < 1.29 is 4.79 Å². The summed E-state index contributed by atoms with van der Waals surface area (Å²) in [7, 11) is 0. The molecule has 1 amide bonds. The van der Waals surface area contributed by atoms with Crippen LogP contribution in [0.2, 0.25) is 5.02 Å². The molecule has 2 aromatic heterocycles. The molecule has 2 heterocycles. The lowest BCUT2D eigenvalue weighted by Gasteiger charge is -2.13. The third-order valence-electron chi connectivity index (χ3n) is 3.52. The number of benzene rings is 1. The molecule has 132 valence electrons. The van der Waals surface area contributed by atoms with Gasteiger partial charge in [-0.05, 0) is 23.8 Å². The Bertz CT molecular complexity index is 905. The largest absolute Gasteiger partial charge is 0.393 e. The zero-order chi connectivity index (χ0) is 18.4. The van der Waals surface area contributed by atoms with E-state index in [2.05, 4.69) is 31.1 Å². The van der Waals surface area contributed by atoms with Gasteiger partial charge >= 0.3 is 0 Å². The molecule has 5 N–H and O–H groups in total. The van der Waals surface area contributed by atoms with Gasteiger partial charge in [-0.2, -0.15) is 0 Å². The van der Waals surface area contributed by atoms with Crippen molar-refractivity contribution >= 4 is 34.8 Å². The van der Waals surface area contributed by atoms with Gasteiger partial charge in [-0.3, -0.25) is 20.6 Å². The molecule has 0 spiro atoms. The molecule has 0 unspecified atom stereocenters. The van der Waals surface area contributed by atoms with Gasteiger partial charge in [0.05, 0.1) is 0 Å². The number of rotatable bonds is 6. The molecule has 0 saturated heterocycles. The molecule has 26 heavy (non-hydrogen) atoms. The normalized spacial score (nSPS) is 10.2. The van der Waals surface area contributed by atoms with Crippen LogP contribution in [0.1, 0.15) is 15.9 Å². The smallest absolute Gasteiger partial charge is 0.269 e. The van der Waals surface area contributed by atoms with Crippen LogP contribution in [0.3, 0.4) is 0 Å². The number of nitrogens with one attached hydrogen (secondary N) is 3. The number of amides is 1. The molecule has 1 aromatic carbocycles. The highest BCUT2D eigenvalue weighted by atomic mass is 35.5. The van der Waals surface area contributed by atoms with E-state index in [0.29, 0.717) is 22.9 Å². The maximum atomic E-state index is 12.0. The summed E-state index contributed by atoms with van der Waals surface area (Å²) in [6.07, 6.45) is 4.40. The Morgan fingerprint density at radius 2 is 1.81 bits per heavy atom. The lowest BCUT2D eigenvalue weighted by atomic mass is 10.2. The predicted octanol–water partition coefficient (Wildman–Crippen LogP) is 2.48. The van der Waals surface area contributed by atoms with E-state index < -0.39 is 0 Å². The minimum atomic E-state index is -0.337. The summed E-state index contributed by atoms with van der Waals surface area (Å²) in [6, 6.07) is 10.7.